The normalized spacial score (nSPS) is 10.4. The zero-order chi connectivity index (χ0) is 15.4. The molecule has 0 aliphatic heterocycles. The number of aromatic nitrogens is 1. The Morgan fingerprint density at radius 3 is 2.73 bits per heavy atom. The Morgan fingerprint density at radius 1 is 1.14 bits per heavy atom. The van der Waals surface area contributed by atoms with Crippen LogP contribution in [-0.4, -0.2) is 10.9 Å². The number of halogens is 1. The van der Waals surface area contributed by atoms with Crippen molar-refractivity contribution in [3.05, 3.63) is 71.5 Å². The third-order valence-electron chi connectivity index (χ3n) is 3.02. The Labute approximate surface area is 131 Å². The summed E-state index contributed by atoms with van der Waals surface area (Å²) < 4.78 is 13.2. The minimum absolute atomic E-state index is 0.123. The average molecular weight is 312 g/mol. The standard InChI is InChI=1S/C17H13FN2OS/c18-13-6-4-5-12(9-13)17-20-15(11-22-17)10-16(21)19-14-7-2-1-3-8-14/h1-9,11H,10H2,(H,19,21). The number of carbonyl (C=O) groups excluding carboxylic acids is 1. The number of nitrogens with one attached hydrogen (secondary N) is 1. The maximum atomic E-state index is 13.2. The van der Waals surface area contributed by atoms with Gasteiger partial charge in [-0.1, -0.05) is 30.3 Å². The van der Waals surface area contributed by atoms with Crippen molar-refractivity contribution in [2.45, 2.75) is 6.42 Å². The zero-order valence-electron chi connectivity index (χ0n) is 11.6. The lowest BCUT2D eigenvalue weighted by atomic mass is 10.2. The van der Waals surface area contributed by atoms with Gasteiger partial charge in [-0.05, 0) is 24.3 Å². The van der Waals surface area contributed by atoms with Crippen molar-refractivity contribution < 1.29 is 9.18 Å². The van der Waals surface area contributed by atoms with Crippen molar-refractivity contribution in [2.75, 3.05) is 5.32 Å². The molecule has 0 fully saturated rings. The topological polar surface area (TPSA) is 42.0 Å². The maximum Gasteiger partial charge on any atom is 0.230 e. The summed E-state index contributed by atoms with van der Waals surface area (Å²) >= 11 is 1.40. The highest BCUT2D eigenvalue weighted by Crippen LogP contribution is 2.24. The van der Waals surface area contributed by atoms with E-state index in [1.807, 2.05) is 35.7 Å². The molecule has 0 saturated carbocycles. The smallest absolute Gasteiger partial charge is 0.230 e. The molecule has 0 saturated heterocycles. The molecule has 0 atom stereocenters. The van der Waals surface area contributed by atoms with Crippen LogP contribution in [0.25, 0.3) is 10.6 Å². The highest BCUT2D eigenvalue weighted by molar-refractivity contribution is 7.13. The molecule has 0 radical (unpaired) electrons. The van der Waals surface area contributed by atoms with Crippen LogP contribution >= 0.6 is 11.3 Å². The molecule has 1 N–H and O–H groups in total. The van der Waals surface area contributed by atoms with Gasteiger partial charge in [0.15, 0.2) is 0 Å². The Balaban J connectivity index is 1.68. The first-order valence-corrected chi connectivity index (χ1v) is 7.64. The van der Waals surface area contributed by atoms with Crippen molar-refractivity contribution in [3.63, 3.8) is 0 Å². The largest absolute Gasteiger partial charge is 0.326 e. The van der Waals surface area contributed by atoms with Crippen LogP contribution in [0.3, 0.4) is 0 Å². The van der Waals surface area contributed by atoms with E-state index < -0.39 is 0 Å². The monoisotopic (exact) mass is 312 g/mol. The lowest BCUT2D eigenvalue weighted by Crippen LogP contribution is -2.14. The van der Waals surface area contributed by atoms with Gasteiger partial charge in [0.2, 0.25) is 5.91 Å². The van der Waals surface area contributed by atoms with Crippen molar-refractivity contribution in [1.29, 1.82) is 0 Å². The quantitative estimate of drug-likeness (QED) is 0.787. The lowest BCUT2D eigenvalue weighted by Gasteiger charge is -2.03. The van der Waals surface area contributed by atoms with Crippen LogP contribution in [0.2, 0.25) is 0 Å². The van der Waals surface area contributed by atoms with Crippen LogP contribution in [0.15, 0.2) is 60.0 Å². The molecule has 5 heteroatoms. The molecule has 0 unspecified atom stereocenters. The van der Waals surface area contributed by atoms with Crippen molar-refractivity contribution in [3.8, 4) is 10.6 Å². The molecular weight excluding hydrogens is 299 g/mol. The summed E-state index contributed by atoms with van der Waals surface area (Å²) in [6.45, 7) is 0. The van der Waals surface area contributed by atoms with Crippen LogP contribution in [0, 0.1) is 5.82 Å². The van der Waals surface area contributed by atoms with E-state index in [1.54, 1.807) is 12.1 Å². The van der Waals surface area contributed by atoms with Gasteiger partial charge < -0.3 is 5.32 Å². The summed E-state index contributed by atoms with van der Waals surface area (Å²) in [5, 5.41) is 5.35. The van der Waals surface area contributed by atoms with Gasteiger partial charge in [0.05, 0.1) is 12.1 Å². The van der Waals surface area contributed by atoms with E-state index in [2.05, 4.69) is 10.3 Å². The first-order valence-electron chi connectivity index (χ1n) is 6.76. The number of hydrogen-bond donors (Lipinski definition) is 1. The van der Waals surface area contributed by atoms with Crippen LogP contribution in [0.4, 0.5) is 10.1 Å². The Hall–Kier alpha value is -2.53. The summed E-state index contributed by atoms with van der Waals surface area (Å²) in [5.74, 6) is -0.418. The van der Waals surface area contributed by atoms with E-state index in [4.69, 9.17) is 0 Å². The van der Waals surface area contributed by atoms with Crippen LogP contribution in [0.1, 0.15) is 5.69 Å². The number of nitrogens with zero attached hydrogens (tertiary/aromatic N) is 1. The van der Waals surface area contributed by atoms with Gasteiger partial charge in [-0.25, -0.2) is 9.37 Å². The lowest BCUT2D eigenvalue weighted by molar-refractivity contribution is -0.115. The second kappa shape index (κ2) is 6.49. The van der Waals surface area contributed by atoms with Gasteiger partial charge in [-0.3, -0.25) is 4.79 Å². The van der Waals surface area contributed by atoms with E-state index in [-0.39, 0.29) is 18.1 Å². The SMILES string of the molecule is O=C(Cc1csc(-c2cccc(F)c2)n1)Nc1ccccc1. The maximum absolute atomic E-state index is 13.2. The molecule has 1 amide bonds. The van der Waals surface area contributed by atoms with Gasteiger partial charge in [-0.2, -0.15) is 0 Å². The molecule has 3 rings (SSSR count). The molecule has 22 heavy (non-hydrogen) atoms. The third kappa shape index (κ3) is 3.56. The van der Waals surface area contributed by atoms with Gasteiger partial charge >= 0.3 is 0 Å². The molecule has 0 spiro atoms. The van der Waals surface area contributed by atoms with E-state index in [9.17, 15) is 9.18 Å². The Bertz CT molecular complexity index is 786. The van der Waals surface area contributed by atoms with Gasteiger partial charge in [-0.15, -0.1) is 11.3 Å². The average Bonchev–Trinajstić information content (AvgIpc) is 2.96. The van der Waals surface area contributed by atoms with Gasteiger partial charge in [0.1, 0.15) is 10.8 Å². The predicted molar refractivity (Wildman–Crippen MR) is 86.3 cm³/mol. The summed E-state index contributed by atoms with van der Waals surface area (Å²) in [7, 11) is 0. The number of rotatable bonds is 4. The molecule has 0 aliphatic rings. The minimum atomic E-state index is -0.295. The van der Waals surface area contributed by atoms with Gasteiger partial charge in [0.25, 0.3) is 0 Å². The molecule has 3 aromatic rings. The van der Waals surface area contributed by atoms with Gasteiger partial charge in [0, 0.05) is 16.6 Å². The highest BCUT2D eigenvalue weighted by Gasteiger charge is 2.09. The number of para-hydroxylation sites is 1. The number of anilines is 1. The summed E-state index contributed by atoms with van der Waals surface area (Å²) in [5.41, 5.74) is 2.16. The molecule has 2 aromatic carbocycles. The van der Waals surface area contributed by atoms with E-state index >= 15 is 0 Å². The number of benzene rings is 2. The second-order valence-electron chi connectivity index (χ2n) is 4.75. The fourth-order valence-corrected chi connectivity index (χ4v) is 2.85. The molecular formula is C17H13FN2OS. The van der Waals surface area contributed by atoms with E-state index in [1.165, 1.54) is 23.5 Å². The number of carbonyl (C=O) groups is 1. The van der Waals surface area contributed by atoms with E-state index in [0.29, 0.717) is 10.7 Å². The fraction of sp³-hybridized carbons (Fsp3) is 0.0588. The molecule has 1 heterocycles. The minimum Gasteiger partial charge on any atom is -0.326 e. The molecule has 1 aromatic heterocycles. The Kier molecular flexibility index (Phi) is 4.25. The number of hydrogen-bond acceptors (Lipinski definition) is 3. The van der Waals surface area contributed by atoms with Crippen molar-refractivity contribution in [1.82, 2.24) is 4.98 Å². The van der Waals surface area contributed by atoms with Crippen LogP contribution in [-0.2, 0) is 11.2 Å². The molecule has 3 nitrogen and oxygen atoms in total. The third-order valence-corrected chi connectivity index (χ3v) is 3.96. The van der Waals surface area contributed by atoms with E-state index in [0.717, 1.165) is 11.3 Å². The second-order valence-corrected chi connectivity index (χ2v) is 5.60. The summed E-state index contributed by atoms with van der Waals surface area (Å²) in [6.07, 6.45) is 0.195. The molecule has 110 valence electrons. The predicted octanol–water partition coefficient (Wildman–Crippen LogP) is 4.13. The Morgan fingerprint density at radius 2 is 1.95 bits per heavy atom. The van der Waals surface area contributed by atoms with Crippen LogP contribution in [0.5, 0.6) is 0 Å². The summed E-state index contributed by atoms with van der Waals surface area (Å²) in [6, 6.07) is 15.6. The fourth-order valence-electron chi connectivity index (χ4n) is 2.03. The van der Waals surface area contributed by atoms with Crippen LogP contribution < -0.4 is 5.32 Å². The summed E-state index contributed by atoms with van der Waals surface area (Å²) in [4.78, 5) is 16.4. The first-order chi connectivity index (χ1) is 10.7. The number of amides is 1. The van der Waals surface area contributed by atoms with Crippen molar-refractivity contribution in [2.24, 2.45) is 0 Å². The zero-order valence-corrected chi connectivity index (χ0v) is 12.4. The first kappa shape index (κ1) is 14.4. The number of thiazole rings is 1. The van der Waals surface area contributed by atoms with Crippen molar-refractivity contribution >= 4 is 22.9 Å². The molecule has 0 bridgehead atoms. The molecule has 0 aliphatic carbocycles. The highest BCUT2D eigenvalue weighted by atomic mass is 32.1.